The van der Waals surface area contributed by atoms with E-state index in [9.17, 15) is 35.9 Å². The number of hydrogen-bond donors (Lipinski definition) is 0. The number of aromatic nitrogens is 2. The molecule has 2 aromatic carbocycles. The van der Waals surface area contributed by atoms with Crippen LogP contribution in [0.1, 0.15) is 39.7 Å². The van der Waals surface area contributed by atoms with E-state index in [-0.39, 0.29) is 22.8 Å². The molecule has 3 heterocycles. The van der Waals surface area contributed by atoms with Crippen molar-refractivity contribution in [3.8, 4) is 11.1 Å². The van der Waals surface area contributed by atoms with Crippen molar-refractivity contribution >= 4 is 23.0 Å². The van der Waals surface area contributed by atoms with Gasteiger partial charge in [-0.25, -0.2) is 0 Å². The number of halogens is 6. The summed E-state index contributed by atoms with van der Waals surface area (Å²) in [6.07, 6.45) is -4.41. The summed E-state index contributed by atoms with van der Waals surface area (Å²) in [7, 11) is 0. The molecule has 0 spiro atoms. The lowest BCUT2D eigenvalue weighted by atomic mass is 9.96. The van der Waals surface area contributed by atoms with Crippen LogP contribution < -0.4 is 5.56 Å². The van der Waals surface area contributed by atoms with Crippen LogP contribution in [0.15, 0.2) is 83.4 Å². The fourth-order valence-electron chi connectivity index (χ4n) is 4.71. The van der Waals surface area contributed by atoms with Gasteiger partial charge in [-0.15, -0.1) is 0 Å². The molecule has 2 aromatic heterocycles. The van der Waals surface area contributed by atoms with Gasteiger partial charge in [-0.1, -0.05) is 35.9 Å². The zero-order valence-corrected chi connectivity index (χ0v) is 21.6. The number of pyridine rings is 2. The maximum Gasteiger partial charge on any atom is 0.416 e. The summed E-state index contributed by atoms with van der Waals surface area (Å²) < 4.78 is 82.2. The molecule has 0 N–H and O–H groups in total. The average Bonchev–Trinajstić information content (AvgIpc) is 2.90. The van der Waals surface area contributed by atoms with Crippen LogP contribution in [-0.4, -0.2) is 20.4 Å². The number of fused-ring (bicyclic) bond motifs is 2. The number of alkyl halides is 6. The van der Waals surface area contributed by atoms with E-state index in [1.54, 1.807) is 31.2 Å². The molecule has 41 heavy (non-hydrogen) atoms. The standard InChI is InChI=1S/C30H21F6N3O2/c1-17-5-7-20(8-6-17)24-23-4-3-10-37-25(23)27(40)39-11-9-18(2)15-38(28(41)26(24)39)16-19-12-21(29(31,32)33)14-22(13-19)30(34,35)36/h3-15H,16H2,1-2H3/b11-9-,18-15-. The van der Waals surface area contributed by atoms with Crippen LogP contribution in [0.25, 0.3) is 28.2 Å². The Balaban J connectivity index is 1.75. The Kier molecular flexibility index (Phi) is 6.84. The normalized spacial score (nSPS) is 16.1. The van der Waals surface area contributed by atoms with Crippen molar-refractivity contribution in [2.75, 3.05) is 0 Å². The minimum Gasteiger partial charge on any atom is -0.309 e. The van der Waals surface area contributed by atoms with Crippen molar-refractivity contribution in [3.05, 3.63) is 117 Å². The summed E-state index contributed by atoms with van der Waals surface area (Å²) in [6, 6.07) is 11.6. The molecule has 0 fully saturated rings. The summed E-state index contributed by atoms with van der Waals surface area (Å²) in [5, 5.41) is 0.369. The lowest BCUT2D eigenvalue weighted by molar-refractivity contribution is -0.143. The highest BCUT2D eigenvalue weighted by atomic mass is 19.4. The SMILES string of the molecule is CC1=C/N(Cc2cc(C(F)(F)F)cc(C(F)(F)F)c2)C(=O)c2c(-c3ccc(C)cc3)c3cccnc3c(=O)n2/C=C\1. The molecule has 0 aliphatic carbocycles. The van der Waals surface area contributed by atoms with Gasteiger partial charge in [-0.05, 0) is 60.9 Å². The third-order valence-electron chi connectivity index (χ3n) is 6.63. The van der Waals surface area contributed by atoms with Crippen LogP contribution in [0.5, 0.6) is 0 Å². The molecule has 0 saturated heterocycles. The lowest BCUT2D eigenvalue weighted by Crippen LogP contribution is -2.33. The number of rotatable bonds is 3. The molecule has 0 saturated carbocycles. The molecule has 0 bridgehead atoms. The zero-order valence-electron chi connectivity index (χ0n) is 21.6. The predicted molar refractivity (Wildman–Crippen MR) is 142 cm³/mol. The van der Waals surface area contributed by atoms with Gasteiger partial charge in [-0.3, -0.25) is 19.1 Å². The number of amides is 1. The third-order valence-corrected chi connectivity index (χ3v) is 6.63. The van der Waals surface area contributed by atoms with E-state index < -0.39 is 41.5 Å². The Morgan fingerprint density at radius 2 is 1.49 bits per heavy atom. The number of nitrogens with zero attached hydrogens (tertiary/aromatic N) is 3. The van der Waals surface area contributed by atoms with Gasteiger partial charge in [0.25, 0.3) is 11.5 Å². The highest BCUT2D eigenvalue weighted by molar-refractivity contribution is 6.08. The monoisotopic (exact) mass is 569 g/mol. The molecule has 5 rings (SSSR count). The third kappa shape index (κ3) is 5.39. The van der Waals surface area contributed by atoms with Crippen molar-refractivity contribution in [1.82, 2.24) is 14.5 Å². The topological polar surface area (TPSA) is 55.2 Å². The van der Waals surface area contributed by atoms with E-state index >= 15 is 0 Å². The van der Waals surface area contributed by atoms with Crippen LogP contribution in [0.4, 0.5) is 26.3 Å². The van der Waals surface area contributed by atoms with Crippen molar-refractivity contribution < 1.29 is 31.1 Å². The Morgan fingerprint density at radius 3 is 2.10 bits per heavy atom. The van der Waals surface area contributed by atoms with Crippen LogP contribution >= 0.6 is 0 Å². The molecule has 1 aliphatic rings. The summed E-state index contributed by atoms with van der Waals surface area (Å²) in [5.41, 5.74) is -1.72. The number of carbonyl (C=O) groups excluding carboxylic acids is 1. The second kappa shape index (κ2) is 10.1. The van der Waals surface area contributed by atoms with E-state index in [4.69, 9.17) is 0 Å². The quantitative estimate of drug-likeness (QED) is 0.241. The highest BCUT2D eigenvalue weighted by Gasteiger charge is 2.37. The molecule has 210 valence electrons. The van der Waals surface area contributed by atoms with Gasteiger partial charge in [-0.2, -0.15) is 26.3 Å². The molecule has 0 atom stereocenters. The fourth-order valence-corrected chi connectivity index (χ4v) is 4.71. The molecule has 5 nitrogen and oxygen atoms in total. The van der Waals surface area contributed by atoms with Gasteiger partial charge in [0.05, 0.1) is 17.7 Å². The maximum atomic E-state index is 14.2. The van der Waals surface area contributed by atoms with Crippen LogP contribution in [0, 0.1) is 6.92 Å². The lowest BCUT2D eigenvalue weighted by Gasteiger charge is -2.26. The minimum atomic E-state index is -5.05. The molecule has 11 heteroatoms. The van der Waals surface area contributed by atoms with E-state index in [0.717, 1.165) is 15.0 Å². The van der Waals surface area contributed by atoms with Gasteiger partial charge in [0.1, 0.15) is 11.2 Å². The number of allylic oxidation sites excluding steroid dienone is 2. The number of carbonyl (C=O) groups is 1. The molecule has 1 amide bonds. The van der Waals surface area contributed by atoms with Gasteiger partial charge in [0.2, 0.25) is 0 Å². The summed E-state index contributed by atoms with van der Waals surface area (Å²) in [5.74, 6) is -0.793. The van der Waals surface area contributed by atoms with E-state index in [1.165, 1.54) is 24.7 Å². The molecule has 0 radical (unpaired) electrons. The first-order valence-corrected chi connectivity index (χ1v) is 12.3. The smallest absolute Gasteiger partial charge is 0.309 e. The largest absolute Gasteiger partial charge is 0.416 e. The number of benzene rings is 2. The second-order valence-corrected chi connectivity index (χ2v) is 9.70. The zero-order chi connectivity index (χ0) is 29.7. The Bertz CT molecular complexity index is 1770. The molecular weight excluding hydrogens is 548 g/mol. The molecular formula is C30H21F6N3O2. The van der Waals surface area contributed by atoms with Crippen LogP contribution in [0.3, 0.4) is 0 Å². The summed E-state index contributed by atoms with van der Waals surface area (Å²) in [6.45, 7) is 2.83. The molecule has 1 aliphatic heterocycles. The van der Waals surface area contributed by atoms with Crippen molar-refractivity contribution in [3.63, 3.8) is 0 Å². The first-order chi connectivity index (χ1) is 19.2. The average molecular weight is 570 g/mol. The minimum absolute atomic E-state index is 0.0338. The van der Waals surface area contributed by atoms with E-state index in [0.29, 0.717) is 34.2 Å². The van der Waals surface area contributed by atoms with Gasteiger partial charge < -0.3 is 4.90 Å². The van der Waals surface area contributed by atoms with Crippen molar-refractivity contribution in [2.45, 2.75) is 32.7 Å². The van der Waals surface area contributed by atoms with Crippen molar-refractivity contribution in [2.24, 2.45) is 0 Å². The first-order valence-electron chi connectivity index (χ1n) is 12.3. The molecule has 4 aromatic rings. The fraction of sp³-hybridized carbons (Fsp3) is 0.167. The summed E-state index contributed by atoms with van der Waals surface area (Å²) >= 11 is 0. The van der Waals surface area contributed by atoms with Gasteiger partial charge in [0, 0.05) is 29.5 Å². The molecule has 0 unspecified atom stereocenters. The van der Waals surface area contributed by atoms with Crippen LogP contribution in [-0.2, 0) is 18.9 Å². The summed E-state index contributed by atoms with van der Waals surface area (Å²) in [4.78, 5) is 32.9. The van der Waals surface area contributed by atoms with Gasteiger partial charge in [0.15, 0.2) is 0 Å². The second-order valence-electron chi connectivity index (χ2n) is 9.70. The predicted octanol–water partition coefficient (Wildman–Crippen LogP) is 7.44. The Hall–Kier alpha value is -4.67. The van der Waals surface area contributed by atoms with Crippen LogP contribution in [0.2, 0.25) is 0 Å². The number of aryl methyl sites for hydroxylation is 1. The van der Waals surface area contributed by atoms with E-state index in [1.807, 2.05) is 19.1 Å². The Labute approximate surface area is 229 Å². The van der Waals surface area contributed by atoms with E-state index in [2.05, 4.69) is 4.98 Å². The first kappa shape index (κ1) is 27.9. The number of hydrogen-bond acceptors (Lipinski definition) is 3. The highest BCUT2D eigenvalue weighted by Crippen LogP contribution is 2.37. The van der Waals surface area contributed by atoms with Crippen molar-refractivity contribution in [1.29, 1.82) is 0 Å². The Morgan fingerprint density at radius 1 is 0.854 bits per heavy atom. The maximum absolute atomic E-state index is 14.2. The van der Waals surface area contributed by atoms with Gasteiger partial charge >= 0.3 is 12.4 Å².